The molecule has 2 unspecified atom stereocenters. The fourth-order valence-corrected chi connectivity index (χ4v) is 6.68. The van der Waals surface area contributed by atoms with Gasteiger partial charge in [0.15, 0.2) is 0 Å². The van der Waals surface area contributed by atoms with Crippen molar-refractivity contribution in [1.29, 1.82) is 0 Å². The highest BCUT2D eigenvalue weighted by atomic mass is 35.5. The molecule has 180 valence electrons. The number of nitrogens with one attached hydrogen (secondary N) is 2. The molecule has 0 fully saturated rings. The second kappa shape index (κ2) is 8.62. The molecule has 9 heteroatoms. The van der Waals surface area contributed by atoms with Gasteiger partial charge in [0.25, 0.3) is 0 Å². The zero-order chi connectivity index (χ0) is 24.3. The number of rotatable bonds is 4. The Hall–Kier alpha value is -2.94. The largest absolute Gasteiger partial charge is 0.483 e. The molecule has 0 bridgehead atoms. The Morgan fingerprint density at radius 3 is 3.03 bits per heavy atom. The van der Waals surface area contributed by atoms with Crippen molar-refractivity contribution in [3.05, 3.63) is 62.9 Å². The summed E-state index contributed by atoms with van der Waals surface area (Å²) in [7, 11) is 2.00. The number of thiophene rings is 1. The van der Waals surface area contributed by atoms with E-state index in [0.717, 1.165) is 74.9 Å². The molecule has 0 saturated heterocycles. The maximum absolute atomic E-state index is 11.6. The number of fused-ring (bicyclic) bond motifs is 3. The zero-order valence-corrected chi connectivity index (χ0v) is 21.4. The summed E-state index contributed by atoms with van der Waals surface area (Å²) in [5.41, 5.74) is 7.55. The van der Waals surface area contributed by atoms with Crippen molar-refractivity contribution in [2.24, 2.45) is 7.05 Å². The van der Waals surface area contributed by atoms with Crippen LogP contribution in [0.2, 0.25) is 5.02 Å². The molecule has 35 heavy (non-hydrogen) atoms. The number of carbonyl (C=O) groups is 1. The van der Waals surface area contributed by atoms with Crippen LogP contribution in [0.3, 0.4) is 0 Å². The van der Waals surface area contributed by atoms with Gasteiger partial charge in [-0.3, -0.25) is 14.5 Å². The monoisotopic (exact) mass is 507 g/mol. The molecule has 7 nitrogen and oxygen atoms in total. The van der Waals surface area contributed by atoms with Crippen LogP contribution in [-0.4, -0.2) is 27.2 Å². The van der Waals surface area contributed by atoms with Gasteiger partial charge in [-0.1, -0.05) is 11.6 Å². The topological polar surface area (TPSA) is 81.1 Å². The highest BCUT2D eigenvalue weighted by Gasteiger charge is 2.34. The molecule has 2 aliphatic heterocycles. The minimum Gasteiger partial charge on any atom is -0.483 e. The van der Waals surface area contributed by atoms with Crippen LogP contribution in [0.4, 0.5) is 0 Å². The minimum absolute atomic E-state index is 0.0530. The Bertz CT molecular complexity index is 1480. The van der Waals surface area contributed by atoms with Crippen LogP contribution in [0, 0.1) is 0 Å². The van der Waals surface area contributed by atoms with Gasteiger partial charge in [-0.15, -0.1) is 11.3 Å². The number of pyridine rings is 1. The highest BCUT2D eigenvalue weighted by Crippen LogP contribution is 2.48. The van der Waals surface area contributed by atoms with E-state index in [-0.39, 0.29) is 18.1 Å². The first kappa shape index (κ1) is 22.5. The molecule has 2 aliphatic rings. The Balaban J connectivity index is 1.42. The lowest BCUT2D eigenvalue weighted by Crippen LogP contribution is -2.24. The third kappa shape index (κ3) is 3.90. The van der Waals surface area contributed by atoms with Gasteiger partial charge < -0.3 is 15.4 Å². The summed E-state index contributed by atoms with van der Waals surface area (Å²) in [6.45, 7) is 5.29. The summed E-state index contributed by atoms with van der Waals surface area (Å²) < 4.78 is 9.71. The van der Waals surface area contributed by atoms with Crippen molar-refractivity contribution in [2.75, 3.05) is 6.54 Å². The number of aromatic nitrogens is 3. The highest BCUT2D eigenvalue weighted by molar-refractivity contribution is 7.19. The van der Waals surface area contributed by atoms with Gasteiger partial charge in [-0.25, -0.2) is 0 Å². The van der Waals surface area contributed by atoms with Crippen molar-refractivity contribution >= 4 is 39.1 Å². The van der Waals surface area contributed by atoms with Gasteiger partial charge in [0.05, 0.1) is 27.6 Å². The number of nitrogens with zero attached hydrogens (tertiary/aromatic N) is 3. The summed E-state index contributed by atoms with van der Waals surface area (Å²) >= 11 is 8.26. The summed E-state index contributed by atoms with van der Waals surface area (Å²) in [6, 6.07) is 7.97. The molecule has 1 aromatic carbocycles. The van der Waals surface area contributed by atoms with Crippen LogP contribution in [0.15, 0.2) is 30.5 Å². The molecule has 0 aliphatic carbocycles. The van der Waals surface area contributed by atoms with E-state index in [1.165, 1.54) is 12.5 Å². The van der Waals surface area contributed by atoms with Crippen LogP contribution in [0.25, 0.3) is 21.3 Å². The van der Waals surface area contributed by atoms with Gasteiger partial charge in [-0.2, -0.15) is 5.10 Å². The number of benzene rings is 1. The second-order valence-electron chi connectivity index (χ2n) is 9.26. The number of hydrogen-bond donors (Lipinski definition) is 2. The molecule has 1 amide bonds. The smallest absolute Gasteiger partial charge is 0.217 e. The normalized spacial score (nSPS) is 17.7. The van der Waals surface area contributed by atoms with Crippen molar-refractivity contribution in [2.45, 2.75) is 45.4 Å². The third-order valence-electron chi connectivity index (χ3n) is 6.79. The number of amides is 1. The van der Waals surface area contributed by atoms with Gasteiger partial charge >= 0.3 is 0 Å². The summed E-state index contributed by atoms with van der Waals surface area (Å²) in [4.78, 5) is 17.2. The van der Waals surface area contributed by atoms with Crippen molar-refractivity contribution in [3.63, 3.8) is 0 Å². The van der Waals surface area contributed by atoms with E-state index >= 15 is 0 Å². The fourth-order valence-electron chi connectivity index (χ4n) is 5.29. The van der Waals surface area contributed by atoms with E-state index in [4.69, 9.17) is 21.4 Å². The number of carbonyl (C=O) groups excluding carboxylic acids is 1. The van der Waals surface area contributed by atoms with Crippen LogP contribution < -0.4 is 15.4 Å². The Morgan fingerprint density at radius 1 is 1.34 bits per heavy atom. The van der Waals surface area contributed by atoms with E-state index in [0.29, 0.717) is 5.02 Å². The predicted octanol–water partition coefficient (Wildman–Crippen LogP) is 4.87. The van der Waals surface area contributed by atoms with Crippen molar-refractivity contribution < 1.29 is 9.53 Å². The molecule has 2 atom stereocenters. The number of ether oxygens (including phenoxy) is 1. The van der Waals surface area contributed by atoms with Gasteiger partial charge in [0.2, 0.25) is 5.91 Å². The quantitative estimate of drug-likeness (QED) is 0.412. The lowest BCUT2D eigenvalue weighted by Gasteiger charge is -2.17. The predicted molar refractivity (Wildman–Crippen MR) is 138 cm³/mol. The Labute approximate surface area is 212 Å². The lowest BCUT2D eigenvalue weighted by atomic mass is 9.98. The molecule has 2 N–H and O–H groups in total. The van der Waals surface area contributed by atoms with E-state index in [1.807, 2.05) is 49.1 Å². The number of aryl methyl sites for hydroxylation is 1. The Morgan fingerprint density at radius 2 is 2.20 bits per heavy atom. The molecule has 5 heterocycles. The summed E-state index contributed by atoms with van der Waals surface area (Å²) in [5, 5.41) is 11.9. The van der Waals surface area contributed by atoms with Gasteiger partial charge in [0, 0.05) is 78.3 Å². The molecule has 3 aromatic heterocycles. The fraction of sp³-hybridized carbons (Fsp3) is 0.346. The first-order valence-corrected chi connectivity index (χ1v) is 13.0. The standard InChI is InChI=1S/C26H26ClN5O2S/c1-13(30-14(2)33)23-11-21-26(35-23)17(4-7-29-21)18-10-16(27)8-15-9-22(34-25(15)18)24-19-12-28-6-5-20(19)31-32(24)3/h4,7-8,10-11,13,22,28H,5-6,9,12H2,1-3H3,(H,30,33). The average molecular weight is 508 g/mol. The van der Waals surface area contributed by atoms with Gasteiger partial charge in [-0.05, 0) is 31.2 Å². The maximum Gasteiger partial charge on any atom is 0.217 e. The summed E-state index contributed by atoms with van der Waals surface area (Å²) in [5.74, 6) is 0.818. The van der Waals surface area contributed by atoms with Crippen LogP contribution in [0.5, 0.6) is 5.75 Å². The van der Waals surface area contributed by atoms with Crippen molar-refractivity contribution in [1.82, 2.24) is 25.4 Å². The number of halogens is 1. The van der Waals surface area contributed by atoms with E-state index in [9.17, 15) is 4.79 Å². The van der Waals surface area contributed by atoms with Crippen molar-refractivity contribution in [3.8, 4) is 16.9 Å². The average Bonchev–Trinajstić information content (AvgIpc) is 3.51. The molecular weight excluding hydrogens is 482 g/mol. The zero-order valence-electron chi connectivity index (χ0n) is 19.8. The molecule has 4 aromatic rings. The number of hydrogen-bond acceptors (Lipinski definition) is 6. The molecule has 0 radical (unpaired) electrons. The molecule has 0 saturated carbocycles. The molecule has 6 rings (SSSR count). The lowest BCUT2D eigenvalue weighted by molar-refractivity contribution is -0.119. The van der Waals surface area contributed by atoms with Crippen LogP contribution in [-0.2, 0) is 31.2 Å². The third-order valence-corrected chi connectivity index (χ3v) is 8.34. The first-order chi connectivity index (χ1) is 16.9. The van der Waals surface area contributed by atoms with E-state index < -0.39 is 0 Å². The van der Waals surface area contributed by atoms with E-state index in [2.05, 4.69) is 15.6 Å². The van der Waals surface area contributed by atoms with Crippen LogP contribution in [0.1, 0.15) is 53.4 Å². The van der Waals surface area contributed by atoms with Crippen LogP contribution >= 0.6 is 22.9 Å². The summed E-state index contributed by atoms with van der Waals surface area (Å²) in [6.07, 6.45) is 3.39. The SMILES string of the molecule is CC(=O)NC(C)c1cc2nccc(-c3cc(Cl)cc4c3OC(c3c5c(nn3C)CCNC5)C4)c2s1. The molecular formula is C26H26ClN5O2S. The minimum atomic E-state index is -0.112. The van der Waals surface area contributed by atoms with Gasteiger partial charge in [0.1, 0.15) is 11.9 Å². The molecule has 0 spiro atoms. The maximum atomic E-state index is 11.6. The second-order valence-corrected chi connectivity index (χ2v) is 10.8. The first-order valence-electron chi connectivity index (χ1n) is 11.8. The van der Waals surface area contributed by atoms with E-state index in [1.54, 1.807) is 11.3 Å². The Kier molecular flexibility index (Phi) is 5.55.